The van der Waals surface area contributed by atoms with Crippen LogP contribution in [0, 0.1) is 11.6 Å². The summed E-state index contributed by atoms with van der Waals surface area (Å²) in [6, 6.07) is 15.5. The van der Waals surface area contributed by atoms with E-state index in [1.807, 2.05) is 36.4 Å². The van der Waals surface area contributed by atoms with Crippen LogP contribution in [-0.2, 0) is 4.74 Å². The Hall–Kier alpha value is -2.94. The van der Waals surface area contributed by atoms with E-state index in [2.05, 4.69) is 9.88 Å². The van der Waals surface area contributed by atoms with Gasteiger partial charge < -0.3 is 4.74 Å². The molecule has 170 valence electrons. The molecule has 2 heterocycles. The second-order valence-corrected chi connectivity index (χ2v) is 9.07. The van der Waals surface area contributed by atoms with Gasteiger partial charge in [0.05, 0.1) is 17.9 Å². The Kier molecular flexibility index (Phi) is 6.30. The van der Waals surface area contributed by atoms with Crippen LogP contribution in [0.2, 0.25) is 0 Å². The van der Waals surface area contributed by atoms with E-state index in [1.165, 1.54) is 6.07 Å². The number of halogens is 2. The van der Waals surface area contributed by atoms with E-state index in [-0.39, 0.29) is 11.4 Å². The molecule has 0 bridgehead atoms. The zero-order valence-corrected chi connectivity index (χ0v) is 18.8. The molecule has 0 atom stereocenters. The molecule has 33 heavy (non-hydrogen) atoms. The lowest BCUT2D eigenvalue weighted by Gasteiger charge is -2.27. The van der Waals surface area contributed by atoms with E-state index in [9.17, 15) is 13.6 Å². The van der Waals surface area contributed by atoms with Crippen LogP contribution in [0.25, 0.3) is 21.0 Å². The highest BCUT2D eigenvalue weighted by Crippen LogP contribution is 2.32. The zero-order chi connectivity index (χ0) is 22.8. The molecule has 1 aliphatic rings. The van der Waals surface area contributed by atoms with Crippen LogP contribution >= 0.6 is 11.3 Å². The normalized spacial score (nSPS) is 14.7. The number of nitrogens with zero attached hydrogens (tertiary/aromatic N) is 3. The number of anilines is 1. The second-order valence-electron chi connectivity index (χ2n) is 8.06. The Morgan fingerprint density at radius 1 is 1.06 bits per heavy atom. The van der Waals surface area contributed by atoms with Crippen molar-refractivity contribution in [2.45, 2.75) is 6.42 Å². The molecule has 0 N–H and O–H groups in total. The molecule has 5 nitrogen and oxygen atoms in total. The number of amides is 1. The van der Waals surface area contributed by atoms with Crippen molar-refractivity contribution in [1.29, 1.82) is 0 Å². The van der Waals surface area contributed by atoms with E-state index in [1.54, 1.807) is 11.0 Å². The zero-order valence-electron chi connectivity index (χ0n) is 18.0. The Balaban J connectivity index is 1.45. The number of benzene rings is 3. The first-order valence-corrected chi connectivity index (χ1v) is 11.8. The summed E-state index contributed by atoms with van der Waals surface area (Å²) in [4.78, 5) is 21.9. The minimum absolute atomic E-state index is 0.0842. The lowest BCUT2D eigenvalue weighted by atomic mass is 10.1. The van der Waals surface area contributed by atoms with Gasteiger partial charge in [0.1, 0.15) is 11.3 Å². The highest BCUT2D eigenvalue weighted by molar-refractivity contribution is 7.22. The number of hydrogen-bond donors (Lipinski definition) is 0. The molecule has 3 aromatic carbocycles. The minimum atomic E-state index is -0.723. The fourth-order valence-corrected chi connectivity index (χ4v) is 5.13. The molecule has 1 aliphatic heterocycles. The molecule has 1 aromatic heterocycles. The first-order chi connectivity index (χ1) is 16.1. The highest BCUT2D eigenvalue weighted by atomic mass is 32.1. The van der Waals surface area contributed by atoms with Crippen molar-refractivity contribution < 1.29 is 18.3 Å². The maximum absolute atomic E-state index is 14.3. The quantitative estimate of drug-likeness (QED) is 0.396. The third-order valence-electron chi connectivity index (χ3n) is 5.83. The molecule has 1 saturated heterocycles. The fourth-order valence-electron chi connectivity index (χ4n) is 4.10. The van der Waals surface area contributed by atoms with Crippen molar-refractivity contribution in [2.75, 3.05) is 44.3 Å². The molecular formula is C25H23F2N3O2S. The Morgan fingerprint density at radius 3 is 2.67 bits per heavy atom. The average Bonchev–Trinajstić information content (AvgIpc) is 3.26. The summed E-state index contributed by atoms with van der Waals surface area (Å²) >= 11 is 1.13. The van der Waals surface area contributed by atoms with E-state index in [4.69, 9.17) is 4.74 Å². The predicted octanol–water partition coefficient (Wildman–Crippen LogP) is 5.10. The topological polar surface area (TPSA) is 45.7 Å². The molecule has 0 saturated carbocycles. The van der Waals surface area contributed by atoms with Gasteiger partial charge in [-0.05, 0) is 35.4 Å². The standard InChI is InChI=1S/C25H23F2N3O2S/c26-20-15-21(27)23-22(16-20)33-25(28-23)30(9-3-8-29-10-12-32-13-11-29)24(31)19-7-6-17-4-1-2-5-18(17)14-19/h1-2,4-7,14-16H,3,8-13H2. The van der Waals surface area contributed by atoms with Crippen LogP contribution in [0.4, 0.5) is 13.9 Å². The summed E-state index contributed by atoms with van der Waals surface area (Å²) in [6.07, 6.45) is 0.728. The molecule has 0 unspecified atom stereocenters. The smallest absolute Gasteiger partial charge is 0.260 e. The maximum Gasteiger partial charge on any atom is 0.260 e. The van der Waals surface area contributed by atoms with Gasteiger partial charge in [-0.15, -0.1) is 0 Å². The third kappa shape index (κ3) is 4.73. The molecular weight excluding hydrogens is 444 g/mol. The van der Waals surface area contributed by atoms with E-state index in [0.717, 1.165) is 54.2 Å². The van der Waals surface area contributed by atoms with Crippen molar-refractivity contribution in [3.8, 4) is 0 Å². The number of aromatic nitrogens is 1. The molecule has 0 spiro atoms. The highest BCUT2D eigenvalue weighted by Gasteiger charge is 2.23. The average molecular weight is 468 g/mol. The first kappa shape index (κ1) is 21.9. The number of hydrogen-bond acceptors (Lipinski definition) is 5. The summed E-state index contributed by atoms with van der Waals surface area (Å²) < 4.78 is 33.8. The van der Waals surface area contributed by atoms with Gasteiger partial charge in [0.15, 0.2) is 10.9 Å². The number of morpholine rings is 1. The largest absolute Gasteiger partial charge is 0.379 e. The minimum Gasteiger partial charge on any atom is -0.379 e. The molecule has 4 aromatic rings. The number of rotatable bonds is 6. The lowest BCUT2D eigenvalue weighted by molar-refractivity contribution is 0.0376. The van der Waals surface area contributed by atoms with E-state index < -0.39 is 11.6 Å². The van der Waals surface area contributed by atoms with Crippen molar-refractivity contribution in [1.82, 2.24) is 9.88 Å². The van der Waals surface area contributed by atoms with Gasteiger partial charge in [-0.3, -0.25) is 14.6 Å². The van der Waals surface area contributed by atoms with Crippen LogP contribution in [0.3, 0.4) is 0 Å². The molecule has 8 heteroatoms. The summed E-state index contributed by atoms with van der Waals surface area (Å²) in [7, 11) is 0. The van der Waals surface area contributed by atoms with Crippen molar-refractivity contribution in [3.63, 3.8) is 0 Å². The van der Waals surface area contributed by atoms with Gasteiger partial charge >= 0.3 is 0 Å². The molecule has 1 amide bonds. The van der Waals surface area contributed by atoms with E-state index in [0.29, 0.717) is 35.2 Å². The molecule has 5 rings (SSSR count). The molecule has 0 radical (unpaired) electrons. The number of ether oxygens (including phenoxy) is 1. The van der Waals surface area contributed by atoms with Gasteiger partial charge in [0.2, 0.25) is 0 Å². The monoisotopic (exact) mass is 467 g/mol. The van der Waals surface area contributed by atoms with Gasteiger partial charge in [-0.25, -0.2) is 13.8 Å². The van der Waals surface area contributed by atoms with Crippen molar-refractivity contribution in [3.05, 3.63) is 71.8 Å². The summed E-state index contributed by atoms with van der Waals surface area (Å²) in [5, 5.41) is 2.38. The van der Waals surface area contributed by atoms with Crippen LogP contribution in [0.1, 0.15) is 16.8 Å². The third-order valence-corrected chi connectivity index (χ3v) is 6.86. The van der Waals surface area contributed by atoms with Crippen LogP contribution in [0.15, 0.2) is 54.6 Å². The Labute approximate surface area is 194 Å². The lowest BCUT2D eigenvalue weighted by Crippen LogP contribution is -2.39. The van der Waals surface area contributed by atoms with Crippen LogP contribution < -0.4 is 4.90 Å². The first-order valence-electron chi connectivity index (χ1n) is 10.9. The Bertz CT molecular complexity index is 1300. The molecule has 0 aliphatic carbocycles. The van der Waals surface area contributed by atoms with Gasteiger partial charge in [-0.1, -0.05) is 41.7 Å². The van der Waals surface area contributed by atoms with Crippen LogP contribution in [0.5, 0.6) is 0 Å². The number of carbonyl (C=O) groups is 1. The van der Waals surface area contributed by atoms with E-state index >= 15 is 0 Å². The number of thiazole rings is 1. The predicted molar refractivity (Wildman–Crippen MR) is 127 cm³/mol. The number of carbonyl (C=O) groups excluding carboxylic acids is 1. The van der Waals surface area contributed by atoms with Gasteiger partial charge in [0.25, 0.3) is 5.91 Å². The fraction of sp³-hybridized carbons (Fsp3) is 0.280. The van der Waals surface area contributed by atoms with Crippen LogP contribution in [-0.4, -0.2) is 55.2 Å². The molecule has 1 fully saturated rings. The summed E-state index contributed by atoms with van der Waals surface area (Å²) in [5.41, 5.74) is 0.617. The second kappa shape index (κ2) is 9.51. The summed E-state index contributed by atoms with van der Waals surface area (Å²) in [5.74, 6) is -1.59. The maximum atomic E-state index is 14.3. The van der Waals surface area contributed by atoms with Gasteiger partial charge in [0, 0.05) is 37.8 Å². The summed E-state index contributed by atoms with van der Waals surface area (Å²) in [6.45, 7) is 4.39. The van der Waals surface area contributed by atoms with Gasteiger partial charge in [-0.2, -0.15) is 0 Å². The Morgan fingerprint density at radius 2 is 1.85 bits per heavy atom. The SMILES string of the molecule is O=C(c1ccc2ccccc2c1)N(CCCN1CCOCC1)c1nc2c(F)cc(F)cc2s1. The number of fused-ring (bicyclic) bond motifs is 2. The van der Waals surface area contributed by atoms with Crippen molar-refractivity contribution >= 4 is 43.4 Å². The van der Waals surface area contributed by atoms with Crippen molar-refractivity contribution in [2.24, 2.45) is 0 Å².